The average molecular weight is 451 g/mol. The molecule has 1 aromatic heterocycles. The molecule has 0 unspecified atom stereocenters. The number of rotatable bonds is 4. The van der Waals surface area contributed by atoms with Crippen LogP contribution in [0.15, 0.2) is 51.9 Å². The molecule has 0 atom stereocenters. The van der Waals surface area contributed by atoms with E-state index in [-0.39, 0.29) is 27.0 Å². The van der Waals surface area contributed by atoms with Crippen LogP contribution in [0.5, 0.6) is 0 Å². The topological polar surface area (TPSA) is 72.2 Å². The number of aryl methyl sites for hydroxylation is 1. The van der Waals surface area contributed by atoms with Crippen LogP contribution in [0.25, 0.3) is 11.1 Å². The largest absolute Gasteiger partial charge is 0.416 e. The van der Waals surface area contributed by atoms with Crippen molar-refractivity contribution in [2.45, 2.75) is 18.0 Å². The van der Waals surface area contributed by atoms with Gasteiger partial charge in [-0.25, -0.2) is 8.42 Å². The molecule has 0 saturated carbocycles. The van der Waals surface area contributed by atoms with E-state index >= 15 is 0 Å². The van der Waals surface area contributed by atoms with E-state index in [1.165, 1.54) is 31.2 Å². The summed E-state index contributed by atoms with van der Waals surface area (Å²) in [7, 11) is -4.36. The van der Waals surface area contributed by atoms with Gasteiger partial charge in [-0.1, -0.05) is 34.4 Å². The minimum atomic E-state index is -4.76. The SMILES string of the molecule is Cc1cc(NS(=O)(=O)c2cc(-c3ccc(Cl)c(Cl)c3)cc(C(F)(F)F)c2)no1. The van der Waals surface area contributed by atoms with Gasteiger partial charge >= 0.3 is 6.18 Å². The zero-order valence-corrected chi connectivity index (χ0v) is 16.3. The smallest absolute Gasteiger partial charge is 0.360 e. The number of hydrogen-bond donors (Lipinski definition) is 1. The number of aromatic nitrogens is 1. The van der Waals surface area contributed by atoms with Gasteiger partial charge in [-0.2, -0.15) is 13.2 Å². The maximum atomic E-state index is 13.3. The van der Waals surface area contributed by atoms with E-state index < -0.39 is 26.7 Å². The lowest BCUT2D eigenvalue weighted by molar-refractivity contribution is -0.137. The zero-order chi connectivity index (χ0) is 20.7. The highest BCUT2D eigenvalue weighted by atomic mass is 35.5. The van der Waals surface area contributed by atoms with Crippen molar-refractivity contribution in [3.63, 3.8) is 0 Å². The van der Waals surface area contributed by atoms with Gasteiger partial charge in [0.1, 0.15) is 5.76 Å². The molecule has 0 bridgehead atoms. The molecule has 1 N–H and O–H groups in total. The van der Waals surface area contributed by atoms with Gasteiger partial charge in [0.25, 0.3) is 10.0 Å². The van der Waals surface area contributed by atoms with Gasteiger partial charge in [-0.05, 0) is 48.4 Å². The molecule has 0 fully saturated rings. The Balaban J connectivity index is 2.13. The van der Waals surface area contributed by atoms with E-state index in [2.05, 4.69) is 9.88 Å². The van der Waals surface area contributed by atoms with Crippen LogP contribution in [0, 0.1) is 6.92 Å². The minimum Gasteiger partial charge on any atom is -0.360 e. The van der Waals surface area contributed by atoms with Gasteiger partial charge in [-0.15, -0.1) is 0 Å². The van der Waals surface area contributed by atoms with E-state index in [0.29, 0.717) is 11.8 Å². The summed E-state index contributed by atoms with van der Waals surface area (Å²) in [6, 6.07) is 7.97. The third-order valence-electron chi connectivity index (χ3n) is 3.66. The van der Waals surface area contributed by atoms with Crippen molar-refractivity contribution < 1.29 is 26.1 Å². The van der Waals surface area contributed by atoms with Crippen molar-refractivity contribution in [2.75, 3.05) is 4.72 Å². The quantitative estimate of drug-likeness (QED) is 0.546. The highest BCUT2D eigenvalue weighted by Crippen LogP contribution is 2.36. The Labute approximate surface area is 168 Å². The maximum absolute atomic E-state index is 13.3. The Hall–Kier alpha value is -2.23. The molecule has 5 nitrogen and oxygen atoms in total. The summed E-state index contributed by atoms with van der Waals surface area (Å²) < 4.78 is 72.0. The minimum absolute atomic E-state index is 0.00472. The van der Waals surface area contributed by atoms with Gasteiger partial charge in [0, 0.05) is 6.07 Å². The number of benzene rings is 2. The highest BCUT2D eigenvalue weighted by Gasteiger charge is 2.33. The second kappa shape index (κ2) is 7.31. The molecule has 0 saturated heterocycles. The van der Waals surface area contributed by atoms with Crippen LogP contribution in [-0.2, 0) is 16.2 Å². The fourth-order valence-electron chi connectivity index (χ4n) is 2.37. The summed E-state index contributed by atoms with van der Waals surface area (Å²) in [5, 5.41) is 3.82. The second-order valence-corrected chi connectivity index (χ2v) is 8.30. The lowest BCUT2D eigenvalue weighted by Crippen LogP contribution is -2.15. The molecule has 0 aliphatic rings. The summed E-state index contributed by atoms with van der Waals surface area (Å²) in [5.41, 5.74) is -0.855. The van der Waals surface area contributed by atoms with Crippen LogP contribution in [0.2, 0.25) is 10.0 Å². The summed E-state index contributed by atoms with van der Waals surface area (Å²) in [6.45, 7) is 1.54. The Morgan fingerprint density at radius 1 is 1.00 bits per heavy atom. The van der Waals surface area contributed by atoms with Gasteiger partial charge in [-0.3, -0.25) is 4.72 Å². The van der Waals surface area contributed by atoms with Crippen molar-refractivity contribution in [1.29, 1.82) is 0 Å². The van der Waals surface area contributed by atoms with Crippen molar-refractivity contribution in [1.82, 2.24) is 5.16 Å². The number of nitrogens with one attached hydrogen (secondary N) is 1. The first-order valence-electron chi connectivity index (χ1n) is 7.59. The molecule has 28 heavy (non-hydrogen) atoms. The van der Waals surface area contributed by atoms with Crippen LogP contribution in [-0.4, -0.2) is 13.6 Å². The predicted molar refractivity (Wildman–Crippen MR) is 98.9 cm³/mol. The molecule has 0 radical (unpaired) electrons. The third-order valence-corrected chi connectivity index (χ3v) is 5.74. The van der Waals surface area contributed by atoms with Crippen molar-refractivity contribution in [2.24, 2.45) is 0 Å². The lowest BCUT2D eigenvalue weighted by Gasteiger charge is -2.13. The summed E-state index contributed by atoms with van der Waals surface area (Å²) >= 11 is 11.8. The van der Waals surface area contributed by atoms with E-state index in [4.69, 9.17) is 27.7 Å². The summed E-state index contributed by atoms with van der Waals surface area (Å²) in [6.07, 6.45) is -4.76. The Bertz CT molecular complexity index is 1140. The van der Waals surface area contributed by atoms with Crippen LogP contribution >= 0.6 is 23.2 Å². The van der Waals surface area contributed by atoms with E-state index in [0.717, 1.165) is 12.1 Å². The first-order valence-corrected chi connectivity index (χ1v) is 9.83. The fourth-order valence-corrected chi connectivity index (χ4v) is 3.72. The first-order chi connectivity index (χ1) is 13.0. The molecule has 11 heteroatoms. The standard InChI is InChI=1S/C17H11Cl2F3N2O3S/c1-9-4-16(23-27-9)24-28(25,26)13-6-11(5-12(8-13)17(20,21)22)10-2-3-14(18)15(19)7-10/h2-8H,1H3,(H,23,24). The monoisotopic (exact) mass is 450 g/mol. The van der Waals surface area contributed by atoms with Crippen LogP contribution < -0.4 is 4.72 Å². The molecule has 0 amide bonds. The molecule has 0 spiro atoms. The van der Waals surface area contributed by atoms with E-state index in [1.54, 1.807) is 0 Å². The number of anilines is 1. The number of sulfonamides is 1. The number of halogens is 5. The van der Waals surface area contributed by atoms with Gasteiger partial charge in [0.2, 0.25) is 0 Å². The number of nitrogens with zero attached hydrogens (tertiary/aromatic N) is 1. The molecule has 0 aliphatic carbocycles. The molecular formula is C17H11Cl2F3N2O3S. The fraction of sp³-hybridized carbons (Fsp3) is 0.118. The van der Waals surface area contributed by atoms with E-state index in [1.807, 2.05) is 0 Å². The lowest BCUT2D eigenvalue weighted by atomic mass is 10.0. The molecular weight excluding hydrogens is 440 g/mol. The van der Waals surface area contributed by atoms with Crippen molar-refractivity contribution in [3.05, 3.63) is 63.8 Å². The Kier molecular flexibility index (Phi) is 5.35. The first kappa shape index (κ1) is 20.5. The summed E-state index contributed by atoms with van der Waals surface area (Å²) in [5.74, 6) is 0.184. The number of alkyl halides is 3. The number of hydrogen-bond acceptors (Lipinski definition) is 4. The van der Waals surface area contributed by atoms with Crippen molar-refractivity contribution >= 4 is 39.0 Å². The zero-order valence-electron chi connectivity index (χ0n) is 14.0. The molecule has 3 rings (SSSR count). The molecule has 2 aromatic carbocycles. The summed E-state index contributed by atoms with van der Waals surface area (Å²) in [4.78, 5) is -0.593. The average Bonchev–Trinajstić information content (AvgIpc) is 3.00. The highest BCUT2D eigenvalue weighted by molar-refractivity contribution is 7.92. The maximum Gasteiger partial charge on any atom is 0.416 e. The molecule has 0 aliphatic heterocycles. The van der Waals surface area contributed by atoms with E-state index in [9.17, 15) is 21.6 Å². The normalized spacial score (nSPS) is 12.2. The van der Waals surface area contributed by atoms with Gasteiger partial charge in [0.15, 0.2) is 5.82 Å². The van der Waals surface area contributed by atoms with Crippen molar-refractivity contribution in [3.8, 4) is 11.1 Å². The van der Waals surface area contributed by atoms with Gasteiger partial charge in [0.05, 0.1) is 20.5 Å². The Morgan fingerprint density at radius 2 is 1.71 bits per heavy atom. The Morgan fingerprint density at radius 3 is 2.29 bits per heavy atom. The van der Waals surface area contributed by atoms with Crippen LogP contribution in [0.4, 0.5) is 19.0 Å². The second-order valence-electron chi connectivity index (χ2n) is 5.80. The molecule has 3 aromatic rings. The predicted octanol–water partition coefficient (Wildman–Crippen LogP) is 5.78. The van der Waals surface area contributed by atoms with Gasteiger partial charge < -0.3 is 4.52 Å². The molecule has 1 heterocycles. The third kappa shape index (κ3) is 4.43. The molecule has 148 valence electrons. The van der Waals surface area contributed by atoms with Crippen LogP contribution in [0.3, 0.4) is 0 Å². The van der Waals surface area contributed by atoms with Crippen LogP contribution in [0.1, 0.15) is 11.3 Å².